The molecule has 4 aromatic carbocycles. The number of anilines is 2. The van der Waals surface area contributed by atoms with Gasteiger partial charge >= 0.3 is 0 Å². The molecule has 0 spiro atoms. The zero-order valence-corrected chi connectivity index (χ0v) is 23.6. The number of hydrogen-bond acceptors (Lipinski definition) is 3. The van der Waals surface area contributed by atoms with E-state index >= 15 is 0 Å². The van der Waals surface area contributed by atoms with Gasteiger partial charge in [-0.3, -0.25) is 9.98 Å². The SMILES string of the molecule is C=Nc1c(Nc2cc(C(C)(C)C)cc3c2ncc2ccccc23)cc(C(C)(C)C)cc1-c1ccccc1C. The summed E-state index contributed by atoms with van der Waals surface area (Å²) in [7, 11) is 0. The van der Waals surface area contributed by atoms with E-state index in [-0.39, 0.29) is 10.8 Å². The second kappa shape index (κ2) is 9.40. The van der Waals surface area contributed by atoms with E-state index < -0.39 is 0 Å². The van der Waals surface area contributed by atoms with E-state index in [1.165, 1.54) is 27.6 Å². The van der Waals surface area contributed by atoms with Crippen LogP contribution in [-0.2, 0) is 10.8 Å². The maximum absolute atomic E-state index is 4.94. The minimum atomic E-state index is -0.0443. The lowest BCUT2D eigenvalue weighted by Gasteiger charge is -2.25. The zero-order valence-electron chi connectivity index (χ0n) is 23.6. The summed E-state index contributed by atoms with van der Waals surface area (Å²) in [5, 5.41) is 7.29. The Bertz CT molecular complexity index is 1680. The highest BCUT2D eigenvalue weighted by molar-refractivity contribution is 6.10. The third kappa shape index (κ3) is 4.69. The fourth-order valence-corrected chi connectivity index (χ4v) is 5.05. The molecule has 3 heteroatoms. The van der Waals surface area contributed by atoms with E-state index in [4.69, 9.17) is 4.98 Å². The molecule has 0 fully saturated rings. The Labute approximate surface area is 226 Å². The van der Waals surface area contributed by atoms with E-state index in [9.17, 15) is 0 Å². The maximum atomic E-state index is 4.94. The molecule has 3 nitrogen and oxygen atoms in total. The summed E-state index contributed by atoms with van der Waals surface area (Å²) in [6.07, 6.45) is 1.97. The van der Waals surface area contributed by atoms with Crippen molar-refractivity contribution in [3.63, 3.8) is 0 Å². The van der Waals surface area contributed by atoms with E-state index in [1.54, 1.807) is 0 Å². The van der Waals surface area contributed by atoms with Crippen molar-refractivity contribution in [3.8, 4) is 11.1 Å². The molecule has 0 bridgehead atoms. The molecule has 5 rings (SSSR count). The van der Waals surface area contributed by atoms with Gasteiger partial charge in [0.1, 0.15) is 0 Å². The van der Waals surface area contributed by atoms with Gasteiger partial charge in [0.15, 0.2) is 0 Å². The topological polar surface area (TPSA) is 37.3 Å². The predicted octanol–water partition coefficient (Wildman–Crippen LogP) is 10.0. The van der Waals surface area contributed by atoms with Crippen molar-refractivity contribution in [3.05, 3.63) is 95.7 Å². The average molecular weight is 500 g/mol. The number of nitrogens with zero attached hydrogens (tertiary/aromatic N) is 2. The van der Waals surface area contributed by atoms with Crippen molar-refractivity contribution in [1.82, 2.24) is 4.98 Å². The fraction of sp³-hybridized carbons (Fsp3) is 0.257. The van der Waals surface area contributed by atoms with Crippen LogP contribution in [0.1, 0.15) is 58.2 Å². The number of pyridine rings is 1. The average Bonchev–Trinajstić information content (AvgIpc) is 2.87. The molecule has 5 aromatic rings. The number of aryl methyl sites for hydroxylation is 1. The molecule has 0 radical (unpaired) electrons. The number of hydrogen-bond donors (Lipinski definition) is 1. The van der Waals surface area contributed by atoms with Gasteiger partial charge in [0.25, 0.3) is 0 Å². The van der Waals surface area contributed by atoms with Gasteiger partial charge in [-0.2, -0.15) is 0 Å². The quantitative estimate of drug-likeness (QED) is 0.197. The van der Waals surface area contributed by atoms with Crippen molar-refractivity contribution in [2.24, 2.45) is 4.99 Å². The molecule has 1 N–H and O–H groups in total. The lowest BCUT2D eigenvalue weighted by atomic mass is 9.83. The Hall–Kier alpha value is -3.98. The summed E-state index contributed by atoms with van der Waals surface area (Å²) in [5.41, 5.74) is 9.60. The molecule has 192 valence electrons. The van der Waals surface area contributed by atoms with Gasteiger partial charge in [-0.25, -0.2) is 0 Å². The molecule has 1 heterocycles. The summed E-state index contributed by atoms with van der Waals surface area (Å²) >= 11 is 0. The van der Waals surface area contributed by atoms with Crippen LogP contribution in [0, 0.1) is 6.92 Å². The number of benzene rings is 4. The van der Waals surface area contributed by atoms with Gasteiger partial charge in [0, 0.05) is 22.5 Å². The minimum Gasteiger partial charge on any atom is -0.352 e. The summed E-state index contributed by atoms with van der Waals surface area (Å²) in [6.45, 7) is 19.6. The number of rotatable bonds is 4. The van der Waals surface area contributed by atoms with Gasteiger partial charge < -0.3 is 5.32 Å². The monoisotopic (exact) mass is 499 g/mol. The van der Waals surface area contributed by atoms with E-state index in [0.717, 1.165) is 38.9 Å². The second-order valence-corrected chi connectivity index (χ2v) is 12.3. The van der Waals surface area contributed by atoms with Crippen LogP contribution in [-0.4, -0.2) is 11.7 Å². The normalized spacial score (nSPS) is 12.2. The standard InChI is InChI=1S/C35H37N3/c1-22-13-9-11-15-26(22)28-17-24(34(2,3)4)19-30(32(28)36-8)38-31-20-25(35(5,6)7)18-29-27-16-12-10-14-23(27)21-37-33(29)31/h9-21,38H,8H2,1-7H3. The minimum absolute atomic E-state index is 0.0271. The molecular formula is C35H37N3. The molecule has 1 aromatic heterocycles. The molecular weight excluding hydrogens is 462 g/mol. The lowest BCUT2D eigenvalue weighted by molar-refractivity contribution is 0.591. The van der Waals surface area contributed by atoms with Crippen LogP contribution >= 0.6 is 0 Å². The highest BCUT2D eigenvalue weighted by Gasteiger charge is 2.22. The van der Waals surface area contributed by atoms with Gasteiger partial charge in [-0.1, -0.05) is 90.1 Å². The largest absolute Gasteiger partial charge is 0.352 e. The lowest BCUT2D eigenvalue weighted by Crippen LogP contribution is -2.13. The van der Waals surface area contributed by atoms with Crippen molar-refractivity contribution in [2.75, 3.05) is 5.32 Å². The van der Waals surface area contributed by atoms with Crippen molar-refractivity contribution in [1.29, 1.82) is 0 Å². The van der Waals surface area contributed by atoms with Gasteiger partial charge in [0.2, 0.25) is 0 Å². The number of aromatic nitrogens is 1. The van der Waals surface area contributed by atoms with Crippen LogP contribution < -0.4 is 5.32 Å². The first-order valence-corrected chi connectivity index (χ1v) is 13.3. The number of aliphatic imine (C=N–C) groups is 1. The first kappa shape index (κ1) is 25.7. The summed E-state index contributed by atoms with van der Waals surface area (Å²) in [6, 6.07) is 26.0. The first-order chi connectivity index (χ1) is 18.0. The van der Waals surface area contributed by atoms with Gasteiger partial charge in [0.05, 0.1) is 22.6 Å². The molecule has 0 aliphatic carbocycles. The summed E-state index contributed by atoms with van der Waals surface area (Å²) in [5.74, 6) is 0. The zero-order chi connectivity index (χ0) is 27.2. The highest BCUT2D eigenvalue weighted by Crippen LogP contribution is 2.44. The molecule has 0 aliphatic heterocycles. The van der Waals surface area contributed by atoms with Crippen LogP contribution in [0.2, 0.25) is 0 Å². The van der Waals surface area contributed by atoms with E-state index in [1.807, 2.05) is 6.20 Å². The third-order valence-corrected chi connectivity index (χ3v) is 7.40. The molecule has 0 aliphatic rings. The first-order valence-electron chi connectivity index (χ1n) is 13.3. The molecule has 0 amide bonds. The smallest absolute Gasteiger partial charge is 0.0943 e. The molecule has 38 heavy (non-hydrogen) atoms. The molecule has 0 saturated carbocycles. The van der Waals surface area contributed by atoms with Crippen LogP contribution in [0.3, 0.4) is 0 Å². The number of fused-ring (bicyclic) bond motifs is 3. The fourth-order valence-electron chi connectivity index (χ4n) is 5.05. The van der Waals surface area contributed by atoms with Gasteiger partial charge in [-0.15, -0.1) is 0 Å². The summed E-state index contributed by atoms with van der Waals surface area (Å²) < 4.78 is 0. The van der Waals surface area contributed by atoms with Crippen molar-refractivity contribution in [2.45, 2.75) is 59.3 Å². The molecule has 0 saturated heterocycles. The van der Waals surface area contributed by atoms with E-state index in [2.05, 4.69) is 138 Å². The second-order valence-electron chi connectivity index (χ2n) is 12.3. The van der Waals surface area contributed by atoms with Crippen molar-refractivity contribution >= 4 is 45.5 Å². The Morgan fingerprint density at radius 2 is 1.34 bits per heavy atom. The van der Waals surface area contributed by atoms with Crippen LogP contribution in [0.15, 0.2) is 84.0 Å². The Balaban J connectivity index is 1.81. The van der Waals surface area contributed by atoms with Crippen LogP contribution in [0.4, 0.5) is 17.1 Å². The van der Waals surface area contributed by atoms with E-state index in [0.29, 0.717) is 0 Å². The Morgan fingerprint density at radius 1 is 0.711 bits per heavy atom. The van der Waals surface area contributed by atoms with Gasteiger partial charge in [-0.05, 0) is 76.4 Å². The Morgan fingerprint density at radius 3 is 2.03 bits per heavy atom. The molecule has 0 atom stereocenters. The number of nitrogens with one attached hydrogen (secondary N) is 1. The van der Waals surface area contributed by atoms with Crippen LogP contribution in [0.25, 0.3) is 32.8 Å². The highest BCUT2D eigenvalue weighted by atomic mass is 14.9. The predicted molar refractivity (Wildman–Crippen MR) is 166 cm³/mol. The Kier molecular flexibility index (Phi) is 6.35. The van der Waals surface area contributed by atoms with Crippen molar-refractivity contribution < 1.29 is 0 Å². The molecule has 0 unspecified atom stereocenters. The maximum Gasteiger partial charge on any atom is 0.0943 e. The van der Waals surface area contributed by atoms with Crippen LogP contribution in [0.5, 0.6) is 0 Å². The summed E-state index contributed by atoms with van der Waals surface area (Å²) in [4.78, 5) is 9.52. The third-order valence-electron chi connectivity index (χ3n) is 7.40.